The highest BCUT2D eigenvalue weighted by Gasteiger charge is 2.22. The van der Waals surface area contributed by atoms with E-state index in [9.17, 15) is 0 Å². The van der Waals surface area contributed by atoms with Crippen LogP contribution in [-0.4, -0.2) is 51.8 Å². The minimum atomic E-state index is 0.428. The molecule has 0 bridgehead atoms. The van der Waals surface area contributed by atoms with Gasteiger partial charge in [-0.2, -0.15) is 0 Å². The van der Waals surface area contributed by atoms with E-state index < -0.39 is 0 Å². The Bertz CT molecular complexity index is 355. The van der Waals surface area contributed by atoms with Crippen LogP contribution in [0.25, 0.3) is 0 Å². The van der Waals surface area contributed by atoms with E-state index in [1.54, 1.807) is 0 Å². The molecule has 2 aliphatic heterocycles. The van der Waals surface area contributed by atoms with E-state index in [1.165, 1.54) is 116 Å². The summed E-state index contributed by atoms with van der Waals surface area (Å²) in [4.78, 5) is 0. The van der Waals surface area contributed by atoms with Gasteiger partial charge < -0.3 is 18.9 Å². The van der Waals surface area contributed by atoms with Gasteiger partial charge in [0.25, 0.3) is 0 Å². The maximum absolute atomic E-state index is 5.52. The highest BCUT2D eigenvalue weighted by Crippen LogP contribution is 2.13. The predicted molar refractivity (Wildman–Crippen MR) is 136 cm³/mol. The molecule has 0 aromatic heterocycles. The molecule has 0 aromatic carbocycles. The fourth-order valence-corrected chi connectivity index (χ4v) is 3.79. The number of rotatable bonds is 24. The molecular formula is C28H56O4. The standard InChI is InChI=1S/C17H34O2.C11H22O2/c1-2-3-4-5-6-7-8-9-10-11-12-13-14-18-15-17-16-19-17;1-2-3-4-5-6-7-8-12-9-11-10-13-11/h17H,2-16H2,1H3;11H,2-10H2,1H3. The topological polar surface area (TPSA) is 43.5 Å². The Labute approximate surface area is 200 Å². The summed E-state index contributed by atoms with van der Waals surface area (Å²) in [6.45, 7) is 9.84. The van der Waals surface area contributed by atoms with Gasteiger partial charge in [-0.3, -0.25) is 0 Å². The fraction of sp³-hybridized carbons (Fsp3) is 1.00. The van der Waals surface area contributed by atoms with Crippen LogP contribution in [0.5, 0.6) is 0 Å². The summed E-state index contributed by atoms with van der Waals surface area (Å²) in [6, 6.07) is 0. The first-order chi connectivity index (χ1) is 15.9. The molecule has 0 N–H and O–H groups in total. The molecule has 32 heavy (non-hydrogen) atoms. The molecule has 2 unspecified atom stereocenters. The molecular weight excluding hydrogens is 400 g/mol. The first-order valence-electron chi connectivity index (χ1n) is 14.3. The summed E-state index contributed by atoms with van der Waals surface area (Å²) in [6.07, 6.45) is 25.7. The Hall–Kier alpha value is -0.160. The normalized spacial score (nSPS) is 18.9. The quantitative estimate of drug-likeness (QED) is 0.109. The summed E-state index contributed by atoms with van der Waals surface area (Å²) in [5.74, 6) is 0. The summed E-state index contributed by atoms with van der Waals surface area (Å²) in [7, 11) is 0. The average Bonchev–Trinajstić information content (AvgIpc) is 3.72. The monoisotopic (exact) mass is 456 g/mol. The second kappa shape index (κ2) is 24.0. The van der Waals surface area contributed by atoms with Crippen LogP contribution >= 0.6 is 0 Å². The van der Waals surface area contributed by atoms with Crippen molar-refractivity contribution >= 4 is 0 Å². The smallest absolute Gasteiger partial charge is 0.104 e. The number of unbranched alkanes of at least 4 members (excludes halogenated alkanes) is 16. The van der Waals surface area contributed by atoms with Crippen molar-refractivity contribution in [2.75, 3.05) is 39.6 Å². The van der Waals surface area contributed by atoms with E-state index in [4.69, 9.17) is 18.9 Å². The van der Waals surface area contributed by atoms with Crippen LogP contribution in [0.15, 0.2) is 0 Å². The van der Waals surface area contributed by atoms with Gasteiger partial charge in [-0.15, -0.1) is 0 Å². The van der Waals surface area contributed by atoms with Crippen molar-refractivity contribution in [3.05, 3.63) is 0 Å². The molecule has 2 rings (SSSR count). The number of epoxide rings is 2. The third kappa shape index (κ3) is 24.5. The van der Waals surface area contributed by atoms with Gasteiger partial charge in [0.1, 0.15) is 12.2 Å². The summed E-state index contributed by atoms with van der Waals surface area (Å²) >= 11 is 0. The number of ether oxygens (including phenoxy) is 4. The van der Waals surface area contributed by atoms with Crippen LogP contribution in [0.4, 0.5) is 0 Å². The van der Waals surface area contributed by atoms with Crippen LogP contribution in [-0.2, 0) is 18.9 Å². The molecule has 4 heteroatoms. The van der Waals surface area contributed by atoms with Crippen molar-refractivity contribution in [2.45, 2.75) is 142 Å². The molecule has 0 aromatic rings. The van der Waals surface area contributed by atoms with E-state index in [0.717, 1.165) is 39.6 Å². The third-order valence-electron chi connectivity index (χ3n) is 6.20. The molecule has 0 aliphatic carbocycles. The minimum absolute atomic E-state index is 0.428. The minimum Gasteiger partial charge on any atom is -0.379 e. The Morgan fingerprint density at radius 1 is 0.469 bits per heavy atom. The lowest BCUT2D eigenvalue weighted by Crippen LogP contribution is -2.02. The molecule has 0 radical (unpaired) electrons. The van der Waals surface area contributed by atoms with Gasteiger partial charge in [0, 0.05) is 13.2 Å². The van der Waals surface area contributed by atoms with Gasteiger partial charge in [-0.25, -0.2) is 0 Å². The largest absolute Gasteiger partial charge is 0.379 e. The third-order valence-corrected chi connectivity index (χ3v) is 6.20. The second-order valence-corrected chi connectivity index (χ2v) is 9.72. The fourth-order valence-electron chi connectivity index (χ4n) is 3.79. The molecule has 2 atom stereocenters. The highest BCUT2D eigenvalue weighted by atomic mass is 16.6. The highest BCUT2D eigenvalue weighted by molar-refractivity contribution is 4.67. The van der Waals surface area contributed by atoms with Gasteiger partial charge >= 0.3 is 0 Å². The van der Waals surface area contributed by atoms with Crippen molar-refractivity contribution in [3.8, 4) is 0 Å². The molecule has 2 fully saturated rings. The van der Waals surface area contributed by atoms with Crippen molar-refractivity contribution in [3.63, 3.8) is 0 Å². The average molecular weight is 457 g/mol. The molecule has 2 aliphatic rings. The van der Waals surface area contributed by atoms with E-state index >= 15 is 0 Å². The Balaban J connectivity index is 0.000000343. The van der Waals surface area contributed by atoms with Crippen molar-refractivity contribution in [2.24, 2.45) is 0 Å². The maximum atomic E-state index is 5.52. The van der Waals surface area contributed by atoms with Crippen LogP contribution in [0, 0.1) is 0 Å². The van der Waals surface area contributed by atoms with Crippen LogP contribution in [0.1, 0.15) is 129 Å². The van der Waals surface area contributed by atoms with Gasteiger partial charge in [0.15, 0.2) is 0 Å². The molecule has 0 amide bonds. The lowest BCUT2D eigenvalue weighted by Gasteiger charge is -2.03. The lowest BCUT2D eigenvalue weighted by atomic mass is 10.1. The molecule has 2 saturated heterocycles. The van der Waals surface area contributed by atoms with E-state index in [1.807, 2.05) is 0 Å². The Morgan fingerprint density at radius 2 is 0.750 bits per heavy atom. The Kier molecular flexibility index (Phi) is 22.4. The van der Waals surface area contributed by atoms with Crippen LogP contribution in [0.3, 0.4) is 0 Å². The molecule has 4 nitrogen and oxygen atoms in total. The molecule has 192 valence electrons. The lowest BCUT2D eigenvalue weighted by molar-refractivity contribution is 0.113. The van der Waals surface area contributed by atoms with E-state index in [2.05, 4.69) is 13.8 Å². The predicted octanol–water partition coefficient (Wildman–Crippen LogP) is 7.87. The zero-order chi connectivity index (χ0) is 23.0. The van der Waals surface area contributed by atoms with Gasteiger partial charge in [0.2, 0.25) is 0 Å². The van der Waals surface area contributed by atoms with Crippen molar-refractivity contribution < 1.29 is 18.9 Å². The van der Waals surface area contributed by atoms with E-state index in [0.29, 0.717) is 12.2 Å². The van der Waals surface area contributed by atoms with Crippen LogP contribution in [0.2, 0.25) is 0 Å². The summed E-state index contributed by atoms with van der Waals surface area (Å²) < 4.78 is 21.1. The molecule has 2 heterocycles. The second-order valence-electron chi connectivity index (χ2n) is 9.72. The first kappa shape index (κ1) is 29.9. The van der Waals surface area contributed by atoms with Crippen molar-refractivity contribution in [1.29, 1.82) is 0 Å². The zero-order valence-corrected chi connectivity index (χ0v) is 21.8. The van der Waals surface area contributed by atoms with Crippen LogP contribution < -0.4 is 0 Å². The molecule has 0 saturated carbocycles. The van der Waals surface area contributed by atoms with Gasteiger partial charge in [0.05, 0.1) is 26.4 Å². The van der Waals surface area contributed by atoms with Gasteiger partial charge in [-0.05, 0) is 12.8 Å². The van der Waals surface area contributed by atoms with Crippen molar-refractivity contribution in [1.82, 2.24) is 0 Å². The number of hydrogen-bond acceptors (Lipinski definition) is 4. The SMILES string of the molecule is CCCCCCCCCCCCCCOCC1CO1.CCCCCCCCOCC1CO1. The summed E-state index contributed by atoms with van der Waals surface area (Å²) in [5.41, 5.74) is 0. The maximum Gasteiger partial charge on any atom is 0.104 e. The van der Waals surface area contributed by atoms with Gasteiger partial charge in [-0.1, -0.05) is 117 Å². The summed E-state index contributed by atoms with van der Waals surface area (Å²) in [5, 5.41) is 0. The molecule has 0 spiro atoms. The Morgan fingerprint density at radius 3 is 1.03 bits per heavy atom. The van der Waals surface area contributed by atoms with E-state index in [-0.39, 0.29) is 0 Å². The number of hydrogen-bond donors (Lipinski definition) is 0. The first-order valence-corrected chi connectivity index (χ1v) is 14.3. The zero-order valence-electron chi connectivity index (χ0n) is 21.8.